The van der Waals surface area contributed by atoms with Crippen LogP contribution in [-0.2, 0) is 13.0 Å². The molecule has 0 bridgehead atoms. The number of fused-ring (bicyclic) bond motifs is 4. The van der Waals surface area contributed by atoms with E-state index in [9.17, 15) is 4.79 Å². The normalized spacial score (nSPS) is 23.1. The Labute approximate surface area is 173 Å². The summed E-state index contributed by atoms with van der Waals surface area (Å²) in [5.74, 6) is 1.93. The van der Waals surface area contributed by atoms with E-state index < -0.39 is 0 Å². The van der Waals surface area contributed by atoms with Gasteiger partial charge >= 0.3 is 0 Å². The monoisotopic (exact) mass is 390 g/mol. The van der Waals surface area contributed by atoms with Crippen LogP contribution < -0.4 is 4.74 Å². The zero-order chi connectivity index (χ0) is 19.8. The molecule has 2 aromatic carbocycles. The van der Waals surface area contributed by atoms with Crippen LogP contribution in [0.1, 0.15) is 58.6 Å². The van der Waals surface area contributed by atoms with E-state index in [0.717, 1.165) is 50.2 Å². The lowest BCUT2D eigenvalue weighted by molar-refractivity contribution is 0.0773. The molecule has 0 aromatic heterocycles. The number of rotatable bonds is 6. The van der Waals surface area contributed by atoms with Crippen LogP contribution in [0.5, 0.6) is 5.75 Å². The van der Waals surface area contributed by atoms with Gasteiger partial charge in [0.15, 0.2) is 0 Å². The van der Waals surface area contributed by atoms with Gasteiger partial charge in [-0.05, 0) is 74.0 Å². The summed E-state index contributed by atoms with van der Waals surface area (Å²) in [6.45, 7) is 3.99. The second kappa shape index (κ2) is 7.83. The average Bonchev–Trinajstić information content (AvgIpc) is 3.32. The van der Waals surface area contributed by atoms with Gasteiger partial charge in [-0.2, -0.15) is 0 Å². The summed E-state index contributed by atoms with van der Waals surface area (Å²) in [4.78, 5) is 17.2. The van der Waals surface area contributed by atoms with Crippen molar-refractivity contribution in [3.63, 3.8) is 0 Å². The van der Waals surface area contributed by atoms with Crippen LogP contribution in [0.2, 0.25) is 0 Å². The second-order valence-electron chi connectivity index (χ2n) is 8.66. The number of hydrogen-bond donors (Lipinski definition) is 0. The summed E-state index contributed by atoms with van der Waals surface area (Å²) in [7, 11) is 1.78. The van der Waals surface area contributed by atoms with Crippen LogP contribution in [0.25, 0.3) is 0 Å². The van der Waals surface area contributed by atoms with E-state index in [-0.39, 0.29) is 5.91 Å². The molecule has 2 atom stereocenters. The van der Waals surface area contributed by atoms with Crippen LogP contribution in [0.4, 0.5) is 0 Å². The van der Waals surface area contributed by atoms with E-state index in [2.05, 4.69) is 29.2 Å². The van der Waals surface area contributed by atoms with E-state index in [1.807, 2.05) is 23.1 Å². The molecule has 5 rings (SSSR count). The van der Waals surface area contributed by atoms with E-state index in [0.29, 0.717) is 12.0 Å². The van der Waals surface area contributed by atoms with Crippen molar-refractivity contribution in [2.24, 2.45) is 0 Å². The van der Waals surface area contributed by atoms with Gasteiger partial charge in [-0.3, -0.25) is 9.69 Å². The molecule has 152 valence electrons. The Morgan fingerprint density at radius 2 is 1.90 bits per heavy atom. The Kier molecular flexibility index (Phi) is 5.04. The highest BCUT2D eigenvalue weighted by Gasteiger charge is 2.39. The van der Waals surface area contributed by atoms with Crippen LogP contribution in [0.15, 0.2) is 42.5 Å². The predicted molar refractivity (Wildman–Crippen MR) is 114 cm³/mol. The Hall–Kier alpha value is -2.33. The second-order valence-corrected chi connectivity index (χ2v) is 8.66. The minimum absolute atomic E-state index is 0.208. The fourth-order valence-corrected chi connectivity index (χ4v) is 5.74. The average molecular weight is 391 g/mol. The molecule has 4 nitrogen and oxygen atoms in total. The molecule has 0 radical (unpaired) electrons. The summed E-state index contributed by atoms with van der Waals surface area (Å²) in [6, 6.07) is 15.3. The molecular formula is C25H30N2O2. The third-order valence-corrected chi connectivity index (χ3v) is 7.16. The lowest BCUT2D eigenvalue weighted by Gasteiger charge is -2.34. The molecule has 2 aromatic rings. The number of benzene rings is 2. The van der Waals surface area contributed by atoms with Gasteiger partial charge in [-0.15, -0.1) is 0 Å². The number of methoxy groups -OCH3 is 1. The third kappa shape index (κ3) is 3.33. The minimum Gasteiger partial charge on any atom is -0.496 e. The smallest absolute Gasteiger partial charge is 0.254 e. The fourth-order valence-electron chi connectivity index (χ4n) is 5.74. The molecule has 2 heterocycles. The van der Waals surface area contributed by atoms with Gasteiger partial charge in [-0.25, -0.2) is 0 Å². The first-order valence-electron chi connectivity index (χ1n) is 11.0. The maximum atomic E-state index is 12.5. The standard InChI is InChI=1S/C25H30N2O2/c1-29-24-10-6-9-20-21-13-16-26(23(21)12-11-22(20)24)14-4-5-15-27-17-18-7-2-3-8-19(18)25(27)28/h2-3,6-10,21,23H,4-5,11-17H2,1H3. The number of ether oxygens (including phenoxy) is 1. The molecule has 1 aliphatic carbocycles. The number of carbonyl (C=O) groups excluding carboxylic acids is 1. The first kappa shape index (κ1) is 18.7. The van der Waals surface area contributed by atoms with Gasteiger partial charge in [-0.1, -0.05) is 30.3 Å². The lowest BCUT2D eigenvalue weighted by atomic mass is 9.79. The number of nitrogens with zero attached hydrogens (tertiary/aromatic N) is 2. The van der Waals surface area contributed by atoms with Crippen molar-refractivity contribution in [1.29, 1.82) is 0 Å². The van der Waals surface area contributed by atoms with Crippen molar-refractivity contribution in [3.05, 3.63) is 64.7 Å². The Morgan fingerprint density at radius 1 is 1.03 bits per heavy atom. The van der Waals surface area contributed by atoms with Crippen molar-refractivity contribution >= 4 is 5.91 Å². The highest BCUT2D eigenvalue weighted by atomic mass is 16.5. The maximum absolute atomic E-state index is 12.5. The summed E-state index contributed by atoms with van der Waals surface area (Å²) in [6.07, 6.45) is 5.85. The molecule has 3 aliphatic rings. The highest BCUT2D eigenvalue weighted by Crippen LogP contribution is 2.44. The molecule has 2 unspecified atom stereocenters. The summed E-state index contributed by atoms with van der Waals surface area (Å²) in [5.41, 5.74) is 5.02. The number of unbranched alkanes of at least 4 members (excludes halogenated alkanes) is 1. The molecule has 1 saturated heterocycles. The molecule has 1 fully saturated rings. The lowest BCUT2D eigenvalue weighted by Crippen LogP contribution is -2.36. The minimum atomic E-state index is 0.208. The molecule has 29 heavy (non-hydrogen) atoms. The van der Waals surface area contributed by atoms with Gasteiger partial charge < -0.3 is 9.64 Å². The van der Waals surface area contributed by atoms with Crippen LogP contribution in [0, 0.1) is 0 Å². The molecule has 0 spiro atoms. The third-order valence-electron chi connectivity index (χ3n) is 7.16. The molecule has 2 aliphatic heterocycles. The van der Waals surface area contributed by atoms with E-state index in [4.69, 9.17) is 4.74 Å². The molecule has 0 N–H and O–H groups in total. The molecule has 4 heteroatoms. The van der Waals surface area contributed by atoms with Crippen LogP contribution >= 0.6 is 0 Å². The first-order valence-corrected chi connectivity index (χ1v) is 11.0. The van der Waals surface area contributed by atoms with Crippen LogP contribution in [-0.4, -0.2) is 48.5 Å². The van der Waals surface area contributed by atoms with Crippen molar-refractivity contribution < 1.29 is 9.53 Å². The number of hydrogen-bond acceptors (Lipinski definition) is 3. The summed E-state index contributed by atoms with van der Waals surface area (Å²) < 4.78 is 5.60. The van der Waals surface area contributed by atoms with E-state index in [1.165, 1.54) is 36.1 Å². The largest absolute Gasteiger partial charge is 0.496 e. The van der Waals surface area contributed by atoms with Crippen molar-refractivity contribution in [1.82, 2.24) is 9.80 Å². The molecule has 0 saturated carbocycles. The zero-order valence-electron chi connectivity index (χ0n) is 17.3. The van der Waals surface area contributed by atoms with Gasteiger partial charge in [0.2, 0.25) is 0 Å². The quantitative estimate of drug-likeness (QED) is 0.692. The molecular weight excluding hydrogens is 360 g/mol. The molecule has 1 amide bonds. The van der Waals surface area contributed by atoms with Crippen LogP contribution in [0.3, 0.4) is 0 Å². The Morgan fingerprint density at radius 3 is 2.76 bits per heavy atom. The number of carbonyl (C=O) groups is 1. The SMILES string of the molecule is COc1cccc2c1CCC1C2CCN1CCCCN1Cc2ccccc2C1=O. The van der Waals surface area contributed by atoms with E-state index in [1.54, 1.807) is 7.11 Å². The number of likely N-dealkylation sites (tertiary alicyclic amines) is 1. The maximum Gasteiger partial charge on any atom is 0.254 e. The Balaban J connectivity index is 1.14. The first-order chi connectivity index (χ1) is 14.3. The van der Waals surface area contributed by atoms with Crippen molar-refractivity contribution in [2.45, 2.75) is 50.6 Å². The zero-order valence-corrected chi connectivity index (χ0v) is 17.3. The summed E-state index contributed by atoms with van der Waals surface area (Å²) in [5, 5.41) is 0. The van der Waals surface area contributed by atoms with Gasteiger partial charge in [0, 0.05) is 30.6 Å². The highest BCUT2D eigenvalue weighted by molar-refractivity contribution is 5.98. The Bertz CT molecular complexity index is 909. The topological polar surface area (TPSA) is 32.8 Å². The van der Waals surface area contributed by atoms with Crippen molar-refractivity contribution in [3.8, 4) is 5.75 Å². The fraction of sp³-hybridized carbons (Fsp3) is 0.480. The van der Waals surface area contributed by atoms with Crippen molar-refractivity contribution in [2.75, 3.05) is 26.7 Å². The number of amides is 1. The van der Waals surface area contributed by atoms with Gasteiger partial charge in [0.05, 0.1) is 7.11 Å². The van der Waals surface area contributed by atoms with Gasteiger partial charge in [0.1, 0.15) is 5.75 Å². The van der Waals surface area contributed by atoms with Gasteiger partial charge in [0.25, 0.3) is 5.91 Å². The summed E-state index contributed by atoms with van der Waals surface area (Å²) >= 11 is 0. The van der Waals surface area contributed by atoms with E-state index >= 15 is 0 Å². The predicted octanol–water partition coefficient (Wildman–Crippen LogP) is 4.24.